The Balaban J connectivity index is 0.00000462. The molecule has 0 atom stereocenters. The molecule has 4 nitrogen and oxygen atoms in total. The summed E-state index contributed by atoms with van der Waals surface area (Å²) in [7, 11) is -2.44. The minimum absolute atomic E-state index is 0. The minimum atomic E-state index is -2.44. The maximum Gasteiger partial charge on any atom is 0.188 e. The zero-order valence-electron chi connectivity index (χ0n) is 34.4. The first-order valence-corrected chi connectivity index (χ1v) is 21.9. The molecule has 57 heavy (non-hydrogen) atoms. The molecule has 3 aromatic heterocycles. The minimum Gasteiger partial charge on any atom is -0.319 e. The molecular weight excluding hydrogens is 892 g/mol. The number of pyridine rings is 1. The zero-order valence-corrected chi connectivity index (χ0v) is 34.7. The third kappa shape index (κ3) is 6.28. The van der Waals surface area contributed by atoms with Crippen molar-refractivity contribution >= 4 is 51.3 Å². The van der Waals surface area contributed by atoms with E-state index >= 15 is 0 Å². The van der Waals surface area contributed by atoms with Crippen LogP contribution in [0.4, 0.5) is 0 Å². The second-order valence-corrected chi connectivity index (χ2v) is 19.1. The molecule has 0 N–H and O–H groups in total. The Morgan fingerprint density at radius 2 is 1.21 bits per heavy atom. The first-order valence-electron chi connectivity index (χ1n) is 20.4. The number of fused-ring (bicyclic) bond motifs is 4. The van der Waals surface area contributed by atoms with Gasteiger partial charge in [-0.25, -0.2) is 14.1 Å². The summed E-state index contributed by atoms with van der Waals surface area (Å²) in [5.41, 5.74) is 11.2. The van der Waals surface area contributed by atoms with Crippen molar-refractivity contribution in [1.82, 2.24) is 18.7 Å². The molecule has 0 aliphatic rings. The third-order valence-electron chi connectivity index (χ3n) is 11.1. The maximum absolute atomic E-state index is 8.18. The number of para-hydroxylation sites is 3. The number of hydrogen-bond acceptors (Lipinski definition) is 1. The van der Waals surface area contributed by atoms with Gasteiger partial charge in [0.15, 0.2) is 17.4 Å². The molecule has 3 heterocycles. The summed E-state index contributed by atoms with van der Waals surface area (Å²) in [4.78, 5) is 5.06. The summed E-state index contributed by atoms with van der Waals surface area (Å²) in [5, 5.41) is 4.48. The Bertz CT molecular complexity index is 3130. The molecule has 0 fully saturated rings. The molecule has 278 valence electrons. The Labute approximate surface area is 352 Å². The maximum atomic E-state index is 8.18. The van der Waals surface area contributed by atoms with E-state index in [1.165, 1.54) is 4.57 Å². The topological polar surface area (TPSA) is 27.7 Å². The van der Waals surface area contributed by atoms with E-state index < -0.39 is 15.0 Å². The van der Waals surface area contributed by atoms with Crippen molar-refractivity contribution in [3.8, 4) is 44.9 Å². The molecule has 6 heteroatoms. The Hall–Kier alpha value is -6.13. The Morgan fingerprint density at radius 3 is 1.93 bits per heavy atom. The molecular formula is C51H39N4PtSi-. The average molecular weight is 934 g/mol. The first-order chi connectivity index (χ1) is 28.7. The van der Waals surface area contributed by atoms with Crippen LogP contribution >= 0.6 is 0 Å². The van der Waals surface area contributed by atoms with Gasteiger partial charge in [0.1, 0.15) is 5.82 Å². The van der Waals surface area contributed by atoms with Crippen LogP contribution in [0.5, 0.6) is 0 Å². The summed E-state index contributed by atoms with van der Waals surface area (Å²) in [6, 6.07) is 66.5. The van der Waals surface area contributed by atoms with Gasteiger partial charge in [-0.05, 0) is 69.1 Å². The second kappa shape index (κ2) is 14.7. The van der Waals surface area contributed by atoms with Crippen molar-refractivity contribution in [2.75, 3.05) is 0 Å². The van der Waals surface area contributed by atoms with Gasteiger partial charge >= 0.3 is 0 Å². The molecule has 10 aromatic rings. The molecule has 0 saturated carbocycles. The van der Waals surface area contributed by atoms with Crippen molar-refractivity contribution in [2.24, 2.45) is 6.98 Å². The molecule has 7 aromatic carbocycles. The number of aromatic nitrogens is 4. The molecule has 0 spiro atoms. The van der Waals surface area contributed by atoms with Gasteiger partial charge in [-0.3, -0.25) is 0 Å². The second-order valence-electron chi connectivity index (χ2n) is 14.8. The van der Waals surface area contributed by atoms with E-state index in [9.17, 15) is 0 Å². The smallest absolute Gasteiger partial charge is 0.188 e. The fourth-order valence-corrected chi connectivity index (χ4v) is 10.4. The largest absolute Gasteiger partial charge is 0.319 e. The molecule has 10 rings (SSSR count). The van der Waals surface area contributed by atoms with E-state index in [-0.39, 0.29) is 21.1 Å². The Kier molecular flexibility index (Phi) is 8.55. The normalized spacial score (nSPS) is 12.6. The van der Waals surface area contributed by atoms with E-state index in [1.807, 2.05) is 47.2 Å². The predicted octanol–water partition coefficient (Wildman–Crippen LogP) is 11.2. The number of aryl methyl sites for hydroxylation is 1. The summed E-state index contributed by atoms with van der Waals surface area (Å²) < 4.78 is 30.1. The van der Waals surface area contributed by atoms with Crippen LogP contribution in [0.3, 0.4) is 0 Å². The van der Waals surface area contributed by atoms with Gasteiger partial charge in [-0.15, -0.1) is 17.5 Å². The fourth-order valence-electron chi connectivity index (χ4n) is 8.18. The van der Waals surface area contributed by atoms with Crippen molar-refractivity contribution in [2.45, 2.75) is 13.1 Å². The van der Waals surface area contributed by atoms with Crippen LogP contribution in [-0.2, 0) is 28.0 Å². The molecule has 0 aliphatic carbocycles. The van der Waals surface area contributed by atoms with Crippen LogP contribution in [0.1, 0.15) is 4.11 Å². The number of hydrogen-bond donors (Lipinski definition) is 0. The molecule has 0 aliphatic heterocycles. The molecule has 0 unspecified atom stereocenters. The zero-order chi connectivity index (χ0) is 40.3. The standard InChI is InChI=1S/C51H39N4Si.Pt/c1-53-35-54(48-27-13-12-26-47(48)53)39-20-14-21-40(33-39)56(2,3)41-28-29-45-44-22-10-11-25-46(44)55(49(45)34-41)50-32-38(30-31-52-50)51-42(36-16-6-4-7-17-36)23-15-24-43(51)37-18-8-5-9-19-37;/h4-32,35H,1-3H3;/q-1;/i1D3;. The summed E-state index contributed by atoms with van der Waals surface area (Å²) in [6.45, 7) is 2.34. The van der Waals surface area contributed by atoms with E-state index in [4.69, 9.17) is 9.10 Å². The monoisotopic (exact) mass is 933 g/mol. The van der Waals surface area contributed by atoms with Crippen LogP contribution in [0.25, 0.3) is 77.7 Å². The van der Waals surface area contributed by atoms with Crippen molar-refractivity contribution in [3.05, 3.63) is 195 Å². The van der Waals surface area contributed by atoms with Crippen LogP contribution < -0.4 is 10.4 Å². The van der Waals surface area contributed by atoms with E-state index in [1.54, 1.807) is 6.33 Å². The third-order valence-corrected chi connectivity index (χ3v) is 14.4. The molecule has 0 radical (unpaired) electrons. The van der Waals surface area contributed by atoms with Crippen LogP contribution in [-0.4, -0.2) is 26.8 Å². The van der Waals surface area contributed by atoms with Gasteiger partial charge in [-0.1, -0.05) is 116 Å². The molecule has 0 bridgehead atoms. The molecule has 0 amide bonds. The first kappa shape index (κ1) is 33.0. The number of rotatable bonds is 7. The quantitative estimate of drug-likeness (QED) is 0.116. The van der Waals surface area contributed by atoms with Gasteiger partial charge in [0.05, 0.1) is 8.07 Å². The van der Waals surface area contributed by atoms with Crippen LogP contribution in [0, 0.1) is 12.1 Å². The summed E-state index contributed by atoms with van der Waals surface area (Å²) in [6.07, 6.45) is 3.59. The average Bonchev–Trinajstić information content (AvgIpc) is 3.84. The van der Waals surface area contributed by atoms with Gasteiger partial charge in [0, 0.05) is 61.7 Å². The van der Waals surface area contributed by atoms with E-state index in [0.717, 1.165) is 82.6 Å². The fraction of sp³-hybridized carbons (Fsp3) is 0.0588. The SMILES string of the molecule is [2H]C([2H])([2H])n1[cH+]n(-c2[c-]c([Si](C)(C)c3[c-]c4c(cc3)c3ccccc3n4-c3cc(-c4c(-c5ccccc5)cccc4-c4ccccc4)ccn3)ccc2)c2ccccc21.[Pt]. The predicted molar refractivity (Wildman–Crippen MR) is 236 cm³/mol. The molecule has 0 saturated heterocycles. The van der Waals surface area contributed by atoms with Crippen molar-refractivity contribution in [3.63, 3.8) is 0 Å². The summed E-state index contributed by atoms with van der Waals surface area (Å²) in [5.74, 6) is 0.819. The Morgan fingerprint density at radius 1 is 0.579 bits per heavy atom. The van der Waals surface area contributed by atoms with E-state index in [2.05, 4.69) is 163 Å². The van der Waals surface area contributed by atoms with Crippen molar-refractivity contribution in [1.29, 1.82) is 0 Å². The number of benzene rings is 7. The van der Waals surface area contributed by atoms with Crippen LogP contribution in [0.2, 0.25) is 13.1 Å². The summed E-state index contributed by atoms with van der Waals surface area (Å²) >= 11 is 0. The van der Waals surface area contributed by atoms with Gasteiger partial charge in [0.2, 0.25) is 0 Å². The van der Waals surface area contributed by atoms with Crippen molar-refractivity contribution < 1.29 is 25.2 Å². The van der Waals surface area contributed by atoms with Gasteiger partial charge in [-0.2, -0.15) is 40.7 Å². The van der Waals surface area contributed by atoms with Gasteiger partial charge in [0.25, 0.3) is 0 Å². The van der Waals surface area contributed by atoms with Gasteiger partial charge < -0.3 is 4.57 Å². The van der Waals surface area contributed by atoms with Crippen LogP contribution in [0.15, 0.2) is 182 Å². The van der Waals surface area contributed by atoms with E-state index in [0.29, 0.717) is 5.52 Å². The number of imidazole rings is 1. The number of nitrogens with zero attached hydrogens (tertiary/aromatic N) is 4.